The van der Waals surface area contributed by atoms with Gasteiger partial charge in [0.05, 0.1) is 13.2 Å². The van der Waals surface area contributed by atoms with Crippen LogP contribution in [0.15, 0.2) is 82.4 Å². The second kappa shape index (κ2) is 10.5. The van der Waals surface area contributed by atoms with Crippen molar-refractivity contribution < 1.29 is 14.2 Å². The molecule has 2 atom stereocenters. The van der Waals surface area contributed by atoms with E-state index < -0.39 is 16.6 Å². The number of ether oxygens (including phenoxy) is 1. The zero-order valence-electron chi connectivity index (χ0n) is 18.5. The van der Waals surface area contributed by atoms with E-state index >= 15 is 0 Å². The normalized spacial score (nSPS) is 12.6. The molecule has 4 aromatic rings. The van der Waals surface area contributed by atoms with Crippen molar-refractivity contribution in [3.63, 3.8) is 0 Å². The maximum Gasteiger partial charge on any atom is 0.271 e. The number of methoxy groups -OCH3 is 1. The second-order valence-corrected chi connectivity index (χ2v) is 7.74. The first-order valence-electron chi connectivity index (χ1n) is 10.4. The molecule has 0 aliphatic heterocycles. The fraction of sp³-hybridized carbons (Fsp3) is 0.154. The molecular formula is C26H24ClFN2O4. The summed E-state index contributed by atoms with van der Waals surface area (Å²) in [6.45, 7) is 1.97. The Morgan fingerprint density at radius 2 is 1.50 bits per heavy atom. The number of rotatable bonds is 8. The molecule has 0 saturated carbocycles. The summed E-state index contributed by atoms with van der Waals surface area (Å²) in [5.41, 5.74) is 1.42. The summed E-state index contributed by atoms with van der Waals surface area (Å²) in [4.78, 5) is 23.3. The van der Waals surface area contributed by atoms with Gasteiger partial charge in [0.25, 0.3) is 10.9 Å². The highest BCUT2D eigenvalue weighted by Gasteiger charge is 2.24. The summed E-state index contributed by atoms with van der Waals surface area (Å²) >= 11 is 0. The molecule has 176 valence electrons. The van der Waals surface area contributed by atoms with Gasteiger partial charge in [-0.25, -0.2) is 4.39 Å². The molecule has 0 saturated heterocycles. The van der Waals surface area contributed by atoms with Crippen LogP contribution in [0, 0.1) is 5.82 Å². The number of benzene rings is 3. The molecule has 1 unspecified atom stereocenters. The Labute approximate surface area is 202 Å². The van der Waals surface area contributed by atoms with Gasteiger partial charge in [0.15, 0.2) is 5.75 Å². The largest absolute Gasteiger partial charge is 0.502 e. The molecule has 34 heavy (non-hydrogen) atoms. The fourth-order valence-corrected chi connectivity index (χ4v) is 3.75. The van der Waals surface area contributed by atoms with Gasteiger partial charge in [-0.3, -0.25) is 14.9 Å². The first-order valence-corrected chi connectivity index (χ1v) is 10.4. The van der Waals surface area contributed by atoms with Crippen molar-refractivity contribution in [3.8, 4) is 11.5 Å². The molecule has 0 heterocycles. The third kappa shape index (κ3) is 4.95. The van der Waals surface area contributed by atoms with E-state index in [1.165, 1.54) is 12.1 Å². The molecule has 0 spiro atoms. The van der Waals surface area contributed by atoms with Crippen LogP contribution in [0.4, 0.5) is 15.8 Å². The summed E-state index contributed by atoms with van der Waals surface area (Å²) in [5, 5.41) is 16.3. The average molecular weight is 483 g/mol. The van der Waals surface area contributed by atoms with Crippen molar-refractivity contribution in [1.29, 1.82) is 0 Å². The van der Waals surface area contributed by atoms with Crippen molar-refractivity contribution >= 4 is 23.8 Å². The molecule has 4 aromatic carbocycles. The standard InChI is InChI=1S/C26H23FN2O4.ClH/c1-15(16-7-11-18(27)12-8-16)28-22(17-9-13-19(33-2)14-10-17)20-5-3-4-6-21(20)29-23-24(30)26(32)25(23)31;/h3-15,22,28-30H,1-2H3;1H/t15-,22?;/m1./s1. The Morgan fingerprint density at radius 1 is 0.882 bits per heavy atom. The van der Waals surface area contributed by atoms with Crippen LogP contribution in [-0.4, -0.2) is 12.2 Å². The lowest BCUT2D eigenvalue weighted by Crippen LogP contribution is -2.33. The fourth-order valence-electron chi connectivity index (χ4n) is 3.75. The molecule has 0 bridgehead atoms. The molecule has 0 amide bonds. The highest BCUT2D eigenvalue weighted by atomic mass is 35.5. The molecule has 0 aromatic heterocycles. The molecule has 0 aliphatic rings. The highest BCUT2D eigenvalue weighted by Crippen LogP contribution is 2.34. The molecular weight excluding hydrogens is 459 g/mol. The molecule has 4 rings (SSSR count). The van der Waals surface area contributed by atoms with Gasteiger partial charge in [-0.05, 0) is 53.9 Å². The zero-order valence-corrected chi connectivity index (χ0v) is 19.4. The van der Waals surface area contributed by atoms with E-state index in [1.54, 1.807) is 31.4 Å². The number of hydrogen-bond acceptors (Lipinski definition) is 6. The minimum absolute atomic E-state index is 0. The van der Waals surface area contributed by atoms with Gasteiger partial charge in [0.1, 0.15) is 17.3 Å². The van der Waals surface area contributed by atoms with Gasteiger partial charge in [0.2, 0.25) is 0 Å². The maximum absolute atomic E-state index is 13.4. The van der Waals surface area contributed by atoms with Gasteiger partial charge in [0, 0.05) is 11.7 Å². The highest BCUT2D eigenvalue weighted by molar-refractivity contribution is 5.85. The minimum atomic E-state index is -0.898. The van der Waals surface area contributed by atoms with Crippen LogP contribution >= 0.6 is 12.4 Å². The Balaban J connectivity index is 0.00000324. The van der Waals surface area contributed by atoms with Crippen LogP contribution in [0.25, 0.3) is 0 Å². The van der Waals surface area contributed by atoms with E-state index in [4.69, 9.17) is 4.74 Å². The van der Waals surface area contributed by atoms with Crippen LogP contribution in [0.3, 0.4) is 0 Å². The first kappa shape index (κ1) is 25.0. The van der Waals surface area contributed by atoms with E-state index in [0.29, 0.717) is 11.4 Å². The van der Waals surface area contributed by atoms with E-state index in [9.17, 15) is 19.1 Å². The number of hydrogen-bond donors (Lipinski definition) is 3. The van der Waals surface area contributed by atoms with E-state index in [2.05, 4.69) is 10.6 Å². The Morgan fingerprint density at radius 3 is 2.12 bits per heavy atom. The van der Waals surface area contributed by atoms with Crippen LogP contribution in [0.1, 0.15) is 35.7 Å². The lowest BCUT2D eigenvalue weighted by molar-refractivity contribution is 0.414. The Hall–Kier alpha value is -3.68. The number of aromatic hydroxyl groups is 1. The molecule has 0 radical (unpaired) electrons. The summed E-state index contributed by atoms with van der Waals surface area (Å²) < 4.78 is 18.7. The lowest BCUT2D eigenvalue weighted by atomic mass is 9.95. The summed E-state index contributed by atoms with van der Waals surface area (Å²) in [6.07, 6.45) is 0. The SMILES string of the molecule is COc1ccc(C(N[C@H](C)c2ccc(F)cc2)c2ccccc2Nc2c(O)c(=O)c2=O)cc1.Cl. The van der Waals surface area contributed by atoms with Crippen molar-refractivity contribution in [1.82, 2.24) is 5.32 Å². The zero-order chi connectivity index (χ0) is 23.5. The van der Waals surface area contributed by atoms with Crippen LogP contribution in [-0.2, 0) is 0 Å². The molecule has 6 nitrogen and oxygen atoms in total. The van der Waals surface area contributed by atoms with Crippen LogP contribution in [0.2, 0.25) is 0 Å². The predicted molar refractivity (Wildman–Crippen MR) is 133 cm³/mol. The minimum Gasteiger partial charge on any atom is -0.502 e. The topological polar surface area (TPSA) is 87.7 Å². The number of anilines is 2. The van der Waals surface area contributed by atoms with Crippen molar-refractivity contribution in [2.75, 3.05) is 12.4 Å². The third-order valence-corrected chi connectivity index (χ3v) is 5.65. The smallest absolute Gasteiger partial charge is 0.271 e. The van der Waals surface area contributed by atoms with Crippen LogP contribution in [0.5, 0.6) is 11.5 Å². The summed E-state index contributed by atoms with van der Waals surface area (Å²) in [7, 11) is 1.59. The van der Waals surface area contributed by atoms with Crippen LogP contribution < -0.4 is 26.2 Å². The van der Waals surface area contributed by atoms with E-state index in [0.717, 1.165) is 16.7 Å². The number of para-hydroxylation sites is 1. The summed E-state index contributed by atoms with van der Waals surface area (Å²) in [6, 6.07) is 20.7. The first-order chi connectivity index (χ1) is 15.9. The molecule has 3 N–H and O–H groups in total. The van der Waals surface area contributed by atoms with Gasteiger partial charge < -0.3 is 15.2 Å². The maximum atomic E-state index is 13.4. The Bertz CT molecular complexity index is 1330. The average Bonchev–Trinajstić information content (AvgIpc) is 2.86. The van der Waals surface area contributed by atoms with Gasteiger partial charge in [-0.15, -0.1) is 12.4 Å². The number of halogens is 2. The van der Waals surface area contributed by atoms with Gasteiger partial charge in [-0.2, -0.15) is 0 Å². The monoisotopic (exact) mass is 482 g/mol. The van der Waals surface area contributed by atoms with E-state index in [-0.39, 0.29) is 36.0 Å². The van der Waals surface area contributed by atoms with E-state index in [1.807, 2.05) is 43.3 Å². The third-order valence-electron chi connectivity index (χ3n) is 5.65. The molecule has 0 aliphatic carbocycles. The molecule has 8 heteroatoms. The van der Waals surface area contributed by atoms with Crippen molar-refractivity contribution in [2.24, 2.45) is 0 Å². The van der Waals surface area contributed by atoms with Gasteiger partial charge in [-0.1, -0.05) is 42.5 Å². The second-order valence-electron chi connectivity index (χ2n) is 7.74. The number of nitrogens with one attached hydrogen (secondary N) is 2. The quantitative estimate of drug-likeness (QED) is 0.314. The van der Waals surface area contributed by atoms with Gasteiger partial charge >= 0.3 is 0 Å². The Kier molecular flexibility index (Phi) is 7.71. The molecule has 0 fully saturated rings. The van der Waals surface area contributed by atoms with Crippen molar-refractivity contribution in [2.45, 2.75) is 19.0 Å². The predicted octanol–water partition coefficient (Wildman–Crippen LogP) is 4.74. The van der Waals surface area contributed by atoms with Crippen molar-refractivity contribution in [3.05, 3.63) is 116 Å². The summed E-state index contributed by atoms with van der Waals surface area (Å²) in [5.74, 6) is -0.160. The lowest BCUT2D eigenvalue weighted by Gasteiger charge is -2.27.